The van der Waals surface area contributed by atoms with Crippen LogP contribution in [0.4, 0.5) is 8.78 Å². The molecule has 0 radical (unpaired) electrons. The second kappa shape index (κ2) is 4.15. The first-order valence-corrected chi connectivity index (χ1v) is 5.06. The van der Waals surface area contributed by atoms with Gasteiger partial charge in [-0.3, -0.25) is 0 Å². The summed E-state index contributed by atoms with van der Waals surface area (Å²) < 4.78 is 25.3. The van der Waals surface area contributed by atoms with E-state index in [1.165, 1.54) is 6.20 Å². The Morgan fingerprint density at radius 3 is 2.58 bits per heavy atom. The monoisotopic (exact) mass is 367 g/mol. The van der Waals surface area contributed by atoms with Gasteiger partial charge in [0.25, 0.3) is 6.43 Å². The standard InChI is InChI=1S/C6H2BrClF2IN/c7-4-3(6(9)10)2(11)1-12-5(4)8/h1,6H. The van der Waals surface area contributed by atoms with Crippen molar-refractivity contribution in [2.45, 2.75) is 6.43 Å². The summed E-state index contributed by atoms with van der Waals surface area (Å²) in [6.07, 6.45) is -1.22. The van der Waals surface area contributed by atoms with E-state index in [1.54, 1.807) is 22.6 Å². The molecule has 1 rings (SSSR count). The van der Waals surface area contributed by atoms with E-state index in [4.69, 9.17) is 11.6 Å². The van der Waals surface area contributed by atoms with Crippen LogP contribution in [-0.4, -0.2) is 4.98 Å². The second-order valence-electron chi connectivity index (χ2n) is 1.93. The highest BCUT2D eigenvalue weighted by Gasteiger charge is 2.18. The van der Waals surface area contributed by atoms with E-state index in [0.717, 1.165) is 0 Å². The summed E-state index contributed by atoms with van der Waals surface area (Å²) >= 11 is 10.3. The average Bonchev–Trinajstić information content (AvgIpc) is 1.97. The Morgan fingerprint density at radius 1 is 1.58 bits per heavy atom. The van der Waals surface area contributed by atoms with Gasteiger partial charge in [-0.2, -0.15) is 0 Å². The molecule has 0 aromatic carbocycles. The lowest BCUT2D eigenvalue weighted by atomic mass is 10.3. The maximum atomic E-state index is 12.3. The van der Waals surface area contributed by atoms with Crippen LogP contribution in [0.25, 0.3) is 0 Å². The molecule has 1 aromatic heterocycles. The molecule has 12 heavy (non-hydrogen) atoms. The molecule has 66 valence electrons. The van der Waals surface area contributed by atoms with E-state index in [2.05, 4.69) is 20.9 Å². The van der Waals surface area contributed by atoms with Gasteiger partial charge in [-0.1, -0.05) is 11.6 Å². The fourth-order valence-electron chi connectivity index (χ4n) is 0.656. The average molecular weight is 368 g/mol. The molecular weight excluding hydrogens is 366 g/mol. The van der Waals surface area contributed by atoms with Gasteiger partial charge in [0.15, 0.2) is 0 Å². The molecule has 6 heteroatoms. The van der Waals surface area contributed by atoms with Crippen molar-refractivity contribution in [3.05, 3.63) is 25.0 Å². The van der Waals surface area contributed by atoms with Crippen LogP contribution < -0.4 is 0 Å². The molecule has 0 aliphatic carbocycles. The number of hydrogen-bond donors (Lipinski definition) is 0. The van der Waals surface area contributed by atoms with Crippen molar-refractivity contribution < 1.29 is 8.78 Å². The fraction of sp³-hybridized carbons (Fsp3) is 0.167. The van der Waals surface area contributed by atoms with Crippen molar-refractivity contribution in [2.75, 3.05) is 0 Å². The number of alkyl halides is 2. The molecule has 0 N–H and O–H groups in total. The Morgan fingerprint density at radius 2 is 2.17 bits per heavy atom. The number of hydrogen-bond acceptors (Lipinski definition) is 1. The summed E-state index contributed by atoms with van der Waals surface area (Å²) in [6, 6.07) is 0. The lowest BCUT2D eigenvalue weighted by Gasteiger charge is -2.05. The molecule has 0 bridgehead atoms. The molecule has 0 atom stereocenters. The number of nitrogens with zero attached hydrogens (tertiary/aromatic N) is 1. The highest BCUT2D eigenvalue weighted by atomic mass is 127. The maximum absolute atomic E-state index is 12.3. The highest BCUT2D eigenvalue weighted by Crippen LogP contribution is 2.34. The van der Waals surface area contributed by atoms with Crippen molar-refractivity contribution in [1.82, 2.24) is 4.98 Å². The van der Waals surface area contributed by atoms with Crippen LogP contribution in [0.15, 0.2) is 10.7 Å². The summed E-state index contributed by atoms with van der Waals surface area (Å²) in [4.78, 5) is 3.70. The summed E-state index contributed by atoms with van der Waals surface area (Å²) in [5.74, 6) is 0. The second-order valence-corrected chi connectivity index (χ2v) is 4.24. The Labute approximate surface area is 94.8 Å². The van der Waals surface area contributed by atoms with Crippen LogP contribution in [0.2, 0.25) is 5.15 Å². The van der Waals surface area contributed by atoms with Crippen LogP contribution >= 0.6 is 50.1 Å². The van der Waals surface area contributed by atoms with Crippen molar-refractivity contribution in [1.29, 1.82) is 0 Å². The SMILES string of the molecule is FC(F)c1c(I)cnc(Cl)c1Br. The van der Waals surface area contributed by atoms with E-state index in [9.17, 15) is 8.78 Å². The lowest BCUT2D eigenvalue weighted by Crippen LogP contribution is -1.93. The molecule has 0 aliphatic heterocycles. The van der Waals surface area contributed by atoms with Crippen molar-refractivity contribution >= 4 is 50.1 Å². The number of halogens is 5. The third-order valence-electron chi connectivity index (χ3n) is 1.18. The van der Waals surface area contributed by atoms with Crippen molar-refractivity contribution in [2.24, 2.45) is 0 Å². The molecule has 0 unspecified atom stereocenters. The Kier molecular flexibility index (Phi) is 3.66. The third-order valence-corrected chi connectivity index (χ3v) is 3.36. The van der Waals surface area contributed by atoms with Crippen LogP contribution in [0, 0.1) is 3.57 Å². The molecule has 0 spiro atoms. The molecule has 0 aliphatic rings. The minimum Gasteiger partial charge on any atom is -0.242 e. The number of rotatable bonds is 1. The van der Waals surface area contributed by atoms with E-state index >= 15 is 0 Å². The number of pyridine rings is 1. The van der Waals surface area contributed by atoms with Gasteiger partial charge in [0, 0.05) is 15.3 Å². The molecule has 0 saturated heterocycles. The van der Waals surface area contributed by atoms with Gasteiger partial charge in [-0.05, 0) is 38.5 Å². The smallest absolute Gasteiger partial charge is 0.242 e. The largest absolute Gasteiger partial charge is 0.266 e. The van der Waals surface area contributed by atoms with Crippen molar-refractivity contribution in [3.63, 3.8) is 0 Å². The van der Waals surface area contributed by atoms with Gasteiger partial charge in [0.05, 0.1) is 4.47 Å². The summed E-state index contributed by atoms with van der Waals surface area (Å²) in [5, 5.41) is 0.0608. The number of aromatic nitrogens is 1. The summed E-state index contributed by atoms with van der Waals surface area (Å²) in [7, 11) is 0. The van der Waals surface area contributed by atoms with Crippen LogP contribution in [-0.2, 0) is 0 Å². The zero-order valence-electron chi connectivity index (χ0n) is 5.49. The maximum Gasteiger partial charge on any atom is 0.266 e. The molecule has 1 aromatic rings. The van der Waals surface area contributed by atoms with E-state index in [0.29, 0.717) is 3.57 Å². The fourth-order valence-corrected chi connectivity index (χ4v) is 2.31. The Balaban J connectivity index is 3.33. The predicted octanol–water partition coefficient (Wildman–Crippen LogP) is 4.04. The van der Waals surface area contributed by atoms with Gasteiger partial charge < -0.3 is 0 Å². The van der Waals surface area contributed by atoms with Gasteiger partial charge in [-0.15, -0.1) is 0 Å². The van der Waals surface area contributed by atoms with Gasteiger partial charge >= 0.3 is 0 Å². The first-order valence-electron chi connectivity index (χ1n) is 2.81. The zero-order valence-corrected chi connectivity index (χ0v) is 9.99. The van der Waals surface area contributed by atoms with Gasteiger partial charge in [0.1, 0.15) is 5.15 Å². The van der Waals surface area contributed by atoms with E-state index in [-0.39, 0.29) is 15.2 Å². The zero-order chi connectivity index (χ0) is 9.30. The van der Waals surface area contributed by atoms with Crippen LogP contribution in [0.5, 0.6) is 0 Å². The van der Waals surface area contributed by atoms with Crippen LogP contribution in [0.1, 0.15) is 12.0 Å². The highest BCUT2D eigenvalue weighted by molar-refractivity contribution is 14.1. The van der Waals surface area contributed by atoms with E-state index < -0.39 is 6.43 Å². The van der Waals surface area contributed by atoms with E-state index in [1.807, 2.05) is 0 Å². The molecule has 1 nitrogen and oxygen atoms in total. The normalized spacial score (nSPS) is 10.8. The molecule has 0 fully saturated rings. The predicted molar refractivity (Wildman–Crippen MR) is 54.6 cm³/mol. The van der Waals surface area contributed by atoms with Crippen molar-refractivity contribution in [3.8, 4) is 0 Å². The first-order chi connectivity index (χ1) is 5.54. The molecular formula is C6H2BrClF2IN. The topological polar surface area (TPSA) is 12.9 Å². The Bertz CT molecular complexity index is 308. The first kappa shape index (κ1) is 10.6. The summed E-state index contributed by atoms with van der Waals surface area (Å²) in [6.45, 7) is 0. The lowest BCUT2D eigenvalue weighted by molar-refractivity contribution is 0.149. The molecule has 0 saturated carbocycles. The Hall–Kier alpha value is 0.510. The van der Waals surface area contributed by atoms with Gasteiger partial charge in [-0.25, -0.2) is 13.8 Å². The molecule has 0 amide bonds. The quantitative estimate of drug-likeness (QED) is 0.539. The third kappa shape index (κ3) is 2.05. The minimum absolute atomic E-state index is 0.0608. The minimum atomic E-state index is -2.54. The van der Waals surface area contributed by atoms with Crippen LogP contribution in [0.3, 0.4) is 0 Å². The molecule has 1 heterocycles. The van der Waals surface area contributed by atoms with Gasteiger partial charge in [0.2, 0.25) is 0 Å². The summed E-state index contributed by atoms with van der Waals surface area (Å²) in [5.41, 5.74) is -0.101.